The highest BCUT2D eigenvalue weighted by atomic mass is 14.9. The van der Waals surface area contributed by atoms with E-state index in [2.05, 4.69) is 16.9 Å². The Kier molecular flexibility index (Phi) is 3.10. The molecule has 15 heavy (non-hydrogen) atoms. The highest BCUT2D eigenvalue weighted by Crippen LogP contribution is 2.38. The minimum Gasteiger partial charge on any atom is -0.345 e. The smallest absolute Gasteiger partial charge is 0.112 e. The summed E-state index contributed by atoms with van der Waals surface area (Å²) >= 11 is 0. The molecule has 0 radical (unpaired) electrons. The summed E-state index contributed by atoms with van der Waals surface area (Å²) < 4.78 is 0. The maximum atomic E-state index is 5.50. The molecular weight excluding hydrogens is 186 g/mol. The topological polar surface area (TPSA) is 54.7 Å². The van der Waals surface area contributed by atoms with E-state index in [9.17, 15) is 0 Å². The van der Waals surface area contributed by atoms with Crippen molar-refractivity contribution >= 4 is 0 Å². The van der Waals surface area contributed by atoms with Gasteiger partial charge in [-0.3, -0.25) is 0 Å². The van der Waals surface area contributed by atoms with E-state index in [4.69, 9.17) is 5.73 Å². The number of aromatic nitrogens is 2. The van der Waals surface area contributed by atoms with Gasteiger partial charge in [0, 0.05) is 17.3 Å². The fraction of sp³-hybridized carbons (Fsp3) is 0.750. The molecule has 3 heteroatoms. The molecule has 0 aliphatic heterocycles. The fourth-order valence-electron chi connectivity index (χ4n) is 2.48. The number of aromatic amines is 1. The summed E-state index contributed by atoms with van der Waals surface area (Å²) in [5.41, 5.74) is 7.04. The van der Waals surface area contributed by atoms with E-state index in [1.54, 1.807) is 0 Å². The molecule has 1 fully saturated rings. The van der Waals surface area contributed by atoms with Crippen LogP contribution >= 0.6 is 0 Å². The van der Waals surface area contributed by atoms with Crippen LogP contribution in [0.2, 0.25) is 0 Å². The summed E-state index contributed by atoms with van der Waals surface area (Å²) in [4.78, 5) is 7.99. The summed E-state index contributed by atoms with van der Waals surface area (Å²) in [6, 6.07) is 0. The minimum atomic E-state index is 0.307. The first kappa shape index (κ1) is 10.7. The molecule has 0 saturated heterocycles. The number of imidazole rings is 1. The van der Waals surface area contributed by atoms with E-state index in [0.29, 0.717) is 5.41 Å². The van der Waals surface area contributed by atoms with Crippen molar-refractivity contribution in [1.82, 2.24) is 9.97 Å². The molecule has 0 unspecified atom stereocenters. The lowest BCUT2D eigenvalue weighted by Gasteiger charge is -2.20. The summed E-state index contributed by atoms with van der Waals surface area (Å²) in [5, 5.41) is 0. The molecule has 1 aromatic rings. The lowest BCUT2D eigenvalue weighted by atomic mass is 9.88. The van der Waals surface area contributed by atoms with Crippen molar-refractivity contribution in [2.75, 3.05) is 6.54 Å². The number of nitrogens with zero attached hydrogens (tertiary/aromatic N) is 1. The zero-order valence-electron chi connectivity index (χ0n) is 9.55. The molecule has 1 aliphatic rings. The molecule has 0 bridgehead atoms. The molecule has 2 rings (SSSR count). The zero-order chi connectivity index (χ0) is 10.7. The molecule has 0 amide bonds. The van der Waals surface area contributed by atoms with E-state index in [1.165, 1.54) is 37.2 Å². The van der Waals surface area contributed by atoms with Gasteiger partial charge in [-0.25, -0.2) is 4.98 Å². The number of nitrogens with two attached hydrogens (primary N) is 1. The normalized spacial score (nSPS) is 19.6. The first-order valence-electron chi connectivity index (χ1n) is 5.99. The Morgan fingerprint density at radius 2 is 2.20 bits per heavy atom. The Hall–Kier alpha value is -0.830. The second-order valence-corrected chi connectivity index (χ2v) is 4.92. The summed E-state index contributed by atoms with van der Waals surface area (Å²) in [6.07, 6.45) is 9.28. The monoisotopic (exact) mass is 207 g/mol. The van der Waals surface area contributed by atoms with Crippen molar-refractivity contribution in [3.63, 3.8) is 0 Å². The van der Waals surface area contributed by atoms with Gasteiger partial charge in [-0.1, -0.05) is 19.8 Å². The van der Waals surface area contributed by atoms with Gasteiger partial charge < -0.3 is 10.7 Å². The molecule has 0 spiro atoms. The standard InChI is InChI=1S/C12H21N3/c1-12(6-2-3-7-12)11-14-9-10(15-11)5-4-8-13/h9H,2-8,13H2,1H3,(H,14,15). The highest BCUT2D eigenvalue weighted by Gasteiger charge is 2.32. The van der Waals surface area contributed by atoms with Crippen LogP contribution in [0.25, 0.3) is 0 Å². The van der Waals surface area contributed by atoms with Crippen molar-refractivity contribution in [3.8, 4) is 0 Å². The fourth-order valence-corrected chi connectivity index (χ4v) is 2.48. The first-order chi connectivity index (χ1) is 7.24. The van der Waals surface area contributed by atoms with Gasteiger partial charge in [0.2, 0.25) is 0 Å². The number of aryl methyl sites for hydroxylation is 1. The van der Waals surface area contributed by atoms with Crippen LogP contribution in [0.4, 0.5) is 0 Å². The number of hydrogen-bond acceptors (Lipinski definition) is 2. The highest BCUT2D eigenvalue weighted by molar-refractivity contribution is 5.13. The third kappa shape index (κ3) is 2.23. The van der Waals surface area contributed by atoms with Crippen LogP contribution in [-0.4, -0.2) is 16.5 Å². The van der Waals surface area contributed by atoms with E-state index in [0.717, 1.165) is 19.4 Å². The van der Waals surface area contributed by atoms with Crippen molar-refractivity contribution in [2.45, 2.75) is 50.9 Å². The second-order valence-electron chi connectivity index (χ2n) is 4.92. The predicted molar refractivity (Wildman–Crippen MR) is 61.8 cm³/mol. The SMILES string of the molecule is CC1(c2ncc(CCCN)[nH]2)CCCC1. The van der Waals surface area contributed by atoms with Crippen LogP contribution in [-0.2, 0) is 11.8 Å². The molecule has 1 aromatic heterocycles. The van der Waals surface area contributed by atoms with Crippen LogP contribution in [0.1, 0.15) is 50.5 Å². The van der Waals surface area contributed by atoms with Gasteiger partial charge in [-0.05, 0) is 32.2 Å². The molecule has 3 nitrogen and oxygen atoms in total. The number of nitrogens with one attached hydrogen (secondary N) is 1. The summed E-state index contributed by atoms with van der Waals surface area (Å²) in [6.45, 7) is 3.08. The largest absolute Gasteiger partial charge is 0.345 e. The van der Waals surface area contributed by atoms with Gasteiger partial charge >= 0.3 is 0 Å². The van der Waals surface area contributed by atoms with Gasteiger partial charge in [0.25, 0.3) is 0 Å². The van der Waals surface area contributed by atoms with Gasteiger partial charge in [0.1, 0.15) is 5.82 Å². The van der Waals surface area contributed by atoms with Crippen molar-refractivity contribution in [3.05, 3.63) is 17.7 Å². The molecule has 84 valence electrons. The number of H-pyrrole nitrogens is 1. The quantitative estimate of drug-likeness (QED) is 0.794. The van der Waals surface area contributed by atoms with Crippen LogP contribution < -0.4 is 5.73 Å². The van der Waals surface area contributed by atoms with Gasteiger partial charge in [0.15, 0.2) is 0 Å². The van der Waals surface area contributed by atoms with Crippen molar-refractivity contribution in [1.29, 1.82) is 0 Å². The van der Waals surface area contributed by atoms with E-state index >= 15 is 0 Å². The van der Waals surface area contributed by atoms with Gasteiger partial charge in [-0.15, -0.1) is 0 Å². The van der Waals surface area contributed by atoms with Crippen LogP contribution in [0, 0.1) is 0 Å². The third-order valence-electron chi connectivity index (χ3n) is 3.56. The van der Waals surface area contributed by atoms with Gasteiger partial charge in [0.05, 0.1) is 0 Å². The maximum absolute atomic E-state index is 5.50. The van der Waals surface area contributed by atoms with E-state index < -0.39 is 0 Å². The summed E-state index contributed by atoms with van der Waals surface area (Å²) in [7, 11) is 0. The molecule has 0 atom stereocenters. The number of hydrogen-bond donors (Lipinski definition) is 2. The lowest BCUT2D eigenvalue weighted by molar-refractivity contribution is 0.462. The molecular formula is C12H21N3. The van der Waals surface area contributed by atoms with Crippen molar-refractivity contribution < 1.29 is 0 Å². The Labute approximate surface area is 91.5 Å². The second kappa shape index (κ2) is 4.35. The van der Waals surface area contributed by atoms with Crippen LogP contribution in [0.3, 0.4) is 0 Å². The Morgan fingerprint density at radius 1 is 1.47 bits per heavy atom. The molecule has 1 heterocycles. The summed E-state index contributed by atoms with van der Waals surface area (Å²) in [5.74, 6) is 1.19. The Morgan fingerprint density at radius 3 is 2.87 bits per heavy atom. The average Bonchev–Trinajstić information content (AvgIpc) is 2.84. The van der Waals surface area contributed by atoms with Gasteiger partial charge in [-0.2, -0.15) is 0 Å². The van der Waals surface area contributed by atoms with Crippen LogP contribution in [0.15, 0.2) is 6.20 Å². The maximum Gasteiger partial charge on any atom is 0.112 e. The molecule has 1 aliphatic carbocycles. The van der Waals surface area contributed by atoms with E-state index in [-0.39, 0.29) is 0 Å². The lowest BCUT2D eigenvalue weighted by Crippen LogP contribution is -2.18. The van der Waals surface area contributed by atoms with Crippen molar-refractivity contribution in [2.24, 2.45) is 5.73 Å². The number of rotatable bonds is 4. The molecule has 1 saturated carbocycles. The van der Waals surface area contributed by atoms with E-state index in [1.807, 2.05) is 6.20 Å². The Bertz CT molecular complexity index is 310. The average molecular weight is 207 g/mol. The van der Waals surface area contributed by atoms with Crippen LogP contribution in [0.5, 0.6) is 0 Å². The molecule has 3 N–H and O–H groups in total. The zero-order valence-corrected chi connectivity index (χ0v) is 9.55. The minimum absolute atomic E-state index is 0.307. The predicted octanol–water partition coefficient (Wildman–Crippen LogP) is 2.13. The first-order valence-corrected chi connectivity index (χ1v) is 5.99. The Balaban J connectivity index is 2.05. The third-order valence-corrected chi connectivity index (χ3v) is 3.56. The molecule has 0 aromatic carbocycles.